The molecular weight excluding hydrogens is 232 g/mol. The molecule has 1 heteroatoms. The van der Waals surface area contributed by atoms with E-state index < -0.39 is 0 Å². The average molecular weight is 256 g/mol. The summed E-state index contributed by atoms with van der Waals surface area (Å²) in [5.41, 5.74) is 2.32. The molecule has 1 nitrogen and oxygen atoms in total. The van der Waals surface area contributed by atoms with Crippen molar-refractivity contribution in [3.05, 3.63) is 47.5 Å². The quantitative estimate of drug-likeness (QED) is 0.708. The van der Waals surface area contributed by atoms with Crippen LogP contribution in [0.2, 0.25) is 0 Å². The highest BCUT2D eigenvalue weighted by molar-refractivity contribution is 5.87. The third-order valence-corrected chi connectivity index (χ3v) is 3.85. The Bertz CT molecular complexity index is 530. The van der Waals surface area contributed by atoms with Crippen LogP contribution in [0.25, 0.3) is 10.8 Å². The summed E-state index contributed by atoms with van der Waals surface area (Å²) in [7, 11) is 0. The lowest BCUT2D eigenvalue weighted by atomic mass is 9.93. The molecule has 19 heavy (non-hydrogen) atoms. The topological polar surface area (TPSA) is 20.2 Å². The molecule has 1 N–H and O–H groups in total. The van der Waals surface area contributed by atoms with Crippen LogP contribution in [0, 0.1) is 6.92 Å². The number of hydrogen-bond acceptors (Lipinski definition) is 1. The van der Waals surface area contributed by atoms with Gasteiger partial charge >= 0.3 is 0 Å². The van der Waals surface area contributed by atoms with Gasteiger partial charge in [-0.2, -0.15) is 0 Å². The second kappa shape index (κ2) is 6.72. The molecule has 2 aromatic carbocycles. The maximum absolute atomic E-state index is 10.5. The molecule has 0 bridgehead atoms. The Kier molecular flexibility index (Phi) is 4.98. The first kappa shape index (κ1) is 14.1. The van der Waals surface area contributed by atoms with Crippen molar-refractivity contribution in [2.45, 2.75) is 52.1 Å². The van der Waals surface area contributed by atoms with Gasteiger partial charge in [0.25, 0.3) is 0 Å². The highest BCUT2D eigenvalue weighted by Crippen LogP contribution is 2.30. The van der Waals surface area contributed by atoms with E-state index in [2.05, 4.69) is 50.2 Å². The maximum Gasteiger partial charge on any atom is 0.0798 e. The fourth-order valence-electron chi connectivity index (χ4n) is 2.76. The highest BCUT2D eigenvalue weighted by Gasteiger charge is 2.13. The van der Waals surface area contributed by atoms with Gasteiger partial charge in [-0.15, -0.1) is 0 Å². The average Bonchev–Trinajstić information content (AvgIpc) is 2.43. The van der Waals surface area contributed by atoms with Gasteiger partial charge in [-0.05, 0) is 35.2 Å². The van der Waals surface area contributed by atoms with Gasteiger partial charge < -0.3 is 5.11 Å². The second-order valence-electron chi connectivity index (χ2n) is 5.38. The molecule has 0 radical (unpaired) electrons. The lowest BCUT2D eigenvalue weighted by molar-refractivity contribution is 0.164. The molecule has 0 aromatic heterocycles. The molecule has 0 spiro atoms. The van der Waals surface area contributed by atoms with Gasteiger partial charge in [-0.3, -0.25) is 0 Å². The van der Waals surface area contributed by atoms with Gasteiger partial charge in [0.15, 0.2) is 0 Å². The number of aliphatic hydroxyl groups is 1. The second-order valence-corrected chi connectivity index (χ2v) is 5.38. The van der Waals surface area contributed by atoms with Crippen molar-refractivity contribution >= 4 is 10.8 Å². The van der Waals surface area contributed by atoms with Crippen molar-refractivity contribution < 1.29 is 5.11 Å². The molecule has 102 valence electrons. The molecule has 2 aromatic rings. The monoisotopic (exact) mass is 256 g/mol. The molecular formula is C18H24O. The van der Waals surface area contributed by atoms with Gasteiger partial charge in [0.05, 0.1) is 6.10 Å². The van der Waals surface area contributed by atoms with Crippen molar-refractivity contribution in [1.29, 1.82) is 0 Å². The molecule has 0 aliphatic rings. The number of aliphatic hydroxyl groups excluding tert-OH is 1. The fraction of sp³-hybridized carbons (Fsp3) is 0.444. The van der Waals surface area contributed by atoms with E-state index in [0.717, 1.165) is 18.4 Å². The van der Waals surface area contributed by atoms with Gasteiger partial charge in [-0.1, -0.05) is 69.0 Å². The van der Waals surface area contributed by atoms with Crippen molar-refractivity contribution in [3.63, 3.8) is 0 Å². The zero-order valence-electron chi connectivity index (χ0n) is 12.0. The van der Waals surface area contributed by atoms with Crippen LogP contribution >= 0.6 is 0 Å². The van der Waals surface area contributed by atoms with E-state index in [1.54, 1.807) is 0 Å². The van der Waals surface area contributed by atoms with Crippen LogP contribution in [0.5, 0.6) is 0 Å². The number of unbranched alkanes of at least 4 members (excludes halogenated alkanes) is 3. The van der Waals surface area contributed by atoms with Crippen molar-refractivity contribution in [2.24, 2.45) is 0 Å². The van der Waals surface area contributed by atoms with Crippen LogP contribution in [0.4, 0.5) is 0 Å². The number of hydrogen-bond donors (Lipinski definition) is 1. The van der Waals surface area contributed by atoms with Crippen LogP contribution in [0.3, 0.4) is 0 Å². The predicted molar refractivity (Wildman–Crippen MR) is 82.4 cm³/mol. The van der Waals surface area contributed by atoms with Crippen molar-refractivity contribution in [1.82, 2.24) is 0 Å². The van der Waals surface area contributed by atoms with Crippen LogP contribution in [0.1, 0.15) is 56.3 Å². The van der Waals surface area contributed by atoms with Crippen molar-refractivity contribution in [3.8, 4) is 0 Å². The maximum atomic E-state index is 10.5. The molecule has 0 saturated carbocycles. The number of rotatable bonds is 6. The fourth-order valence-corrected chi connectivity index (χ4v) is 2.76. The molecule has 0 aliphatic carbocycles. The summed E-state index contributed by atoms with van der Waals surface area (Å²) in [4.78, 5) is 0. The zero-order valence-corrected chi connectivity index (χ0v) is 12.0. The predicted octanol–water partition coefficient (Wildman–Crippen LogP) is 5.15. The van der Waals surface area contributed by atoms with E-state index in [1.165, 1.54) is 35.6 Å². The van der Waals surface area contributed by atoms with Crippen LogP contribution in [-0.4, -0.2) is 5.11 Å². The van der Waals surface area contributed by atoms with Crippen molar-refractivity contribution in [2.75, 3.05) is 0 Å². The smallest absolute Gasteiger partial charge is 0.0798 e. The van der Waals surface area contributed by atoms with E-state index in [4.69, 9.17) is 0 Å². The molecule has 0 heterocycles. The molecule has 1 unspecified atom stereocenters. The lowest BCUT2D eigenvalue weighted by Gasteiger charge is -2.16. The minimum atomic E-state index is -0.331. The van der Waals surface area contributed by atoms with Crippen LogP contribution in [0.15, 0.2) is 36.4 Å². The summed E-state index contributed by atoms with van der Waals surface area (Å²) in [5, 5.41) is 12.9. The molecule has 0 aliphatic heterocycles. The van der Waals surface area contributed by atoms with E-state index in [0.29, 0.717) is 0 Å². The SMILES string of the molecule is CCCCCCC(O)c1c(C)ccc2ccccc12. The van der Waals surface area contributed by atoms with E-state index >= 15 is 0 Å². The molecule has 0 fully saturated rings. The van der Waals surface area contributed by atoms with E-state index in [1.807, 2.05) is 0 Å². The Morgan fingerprint density at radius 1 is 1.00 bits per heavy atom. The van der Waals surface area contributed by atoms with Gasteiger partial charge in [-0.25, -0.2) is 0 Å². The van der Waals surface area contributed by atoms with E-state index in [-0.39, 0.29) is 6.10 Å². The van der Waals surface area contributed by atoms with Crippen LogP contribution < -0.4 is 0 Å². The Morgan fingerprint density at radius 3 is 2.58 bits per heavy atom. The Morgan fingerprint density at radius 2 is 1.79 bits per heavy atom. The molecule has 1 atom stereocenters. The first-order chi connectivity index (χ1) is 9.24. The summed E-state index contributed by atoms with van der Waals surface area (Å²) in [6, 6.07) is 12.6. The Hall–Kier alpha value is -1.34. The number of benzene rings is 2. The first-order valence-electron chi connectivity index (χ1n) is 7.40. The highest BCUT2D eigenvalue weighted by atomic mass is 16.3. The van der Waals surface area contributed by atoms with Crippen LogP contribution in [-0.2, 0) is 0 Å². The summed E-state index contributed by atoms with van der Waals surface area (Å²) in [6.07, 6.45) is 5.37. The largest absolute Gasteiger partial charge is 0.388 e. The summed E-state index contributed by atoms with van der Waals surface area (Å²) in [6.45, 7) is 4.31. The van der Waals surface area contributed by atoms with Gasteiger partial charge in [0, 0.05) is 0 Å². The summed E-state index contributed by atoms with van der Waals surface area (Å²) >= 11 is 0. The third-order valence-electron chi connectivity index (χ3n) is 3.85. The van der Waals surface area contributed by atoms with E-state index in [9.17, 15) is 5.11 Å². The lowest BCUT2D eigenvalue weighted by Crippen LogP contribution is -2.01. The molecule has 0 amide bonds. The Labute approximate surface area is 116 Å². The zero-order chi connectivity index (χ0) is 13.7. The summed E-state index contributed by atoms with van der Waals surface area (Å²) in [5.74, 6) is 0. The normalized spacial score (nSPS) is 12.8. The molecule has 2 rings (SSSR count). The number of aryl methyl sites for hydroxylation is 1. The number of fused-ring (bicyclic) bond motifs is 1. The molecule has 0 saturated heterocycles. The standard InChI is InChI=1S/C18H24O/c1-3-4-5-6-11-17(19)18-14(2)12-13-15-9-7-8-10-16(15)18/h7-10,12-13,17,19H,3-6,11H2,1-2H3. The third kappa shape index (κ3) is 3.36. The van der Waals surface area contributed by atoms with Gasteiger partial charge in [0.1, 0.15) is 0 Å². The summed E-state index contributed by atoms with van der Waals surface area (Å²) < 4.78 is 0. The minimum Gasteiger partial charge on any atom is -0.388 e. The first-order valence-corrected chi connectivity index (χ1v) is 7.40. The minimum absolute atomic E-state index is 0.331. The Balaban J connectivity index is 2.20. The van der Waals surface area contributed by atoms with Gasteiger partial charge in [0.2, 0.25) is 0 Å².